The number of aryl methyl sites for hydroxylation is 1. The summed E-state index contributed by atoms with van der Waals surface area (Å²) in [6, 6.07) is 6.11. The van der Waals surface area contributed by atoms with Crippen LogP contribution in [0.4, 0.5) is 5.69 Å². The summed E-state index contributed by atoms with van der Waals surface area (Å²) >= 11 is 0. The third kappa shape index (κ3) is 5.16. The first-order valence-electron chi connectivity index (χ1n) is 10.7. The number of amides is 1. The van der Waals surface area contributed by atoms with Gasteiger partial charge in [-0.1, -0.05) is 25.9 Å². The summed E-state index contributed by atoms with van der Waals surface area (Å²) in [6.45, 7) is 6.32. The number of hydrogen-bond donors (Lipinski definition) is 0. The highest BCUT2D eigenvalue weighted by molar-refractivity contribution is 7.89. The molecule has 0 N–H and O–H groups in total. The molecule has 2 heterocycles. The molecule has 1 amide bonds. The van der Waals surface area contributed by atoms with Crippen molar-refractivity contribution in [2.24, 2.45) is 5.92 Å². The number of carbonyl (C=O) groups is 2. The zero-order chi connectivity index (χ0) is 23.3. The fourth-order valence-electron chi connectivity index (χ4n) is 3.55. The maximum atomic E-state index is 12.6. The first-order valence-corrected chi connectivity index (χ1v) is 12.1. The maximum absolute atomic E-state index is 12.6. The number of esters is 1. The molecule has 1 aliphatic heterocycles. The highest BCUT2D eigenvalue weighted by Gasteiger charge is 2.36. The molecule has 0 bridgehead atoms. The van der Waals surface area contributed by atoms with Crippen LogP contribution in [0.3, 0.4) is 0 Å². The molecule has 0 radical (unpaired) electrons. The first-order chi connectivity index (χ1) is 15.3. The van der Waals surface area contributed by atoms with Crippen molar-refractivity contribution in [3.05, 3.63) is 36.0 Å². The molecule has 0 saturated carbocycles. The topological polar surface area (TPSA) is 123 Å². The maximum Gasteiger partial charge on any atom is 0.311 e. The van der Waals surface area contributed by atoms with Gasteiger partial charge in [0.15, 0.2) is 12.4 Å². The van der Waals surface area contributed by atoms with Gasteiger partial charge in [-0.15, -0.1) is 0 Å². The van der Waals surface area contributed by atoms with Crippen molar-refractivity contribution in [2.75, 3.05) is 24.5 Å². The van der Waals surface area contributed by atoms with Crippen molar-refractivity contribution < 1.29 is 27.3 Å². The number of rotatable bonds is 10. The summed E-state index contributed by atoms with van der Waals surface area (Å²) in [5.74, 6) is -0.592. The van der Waals surface area contributed by atoms with Crippen molar-refractivity contribution in [1.82, 2.24) is 14.4 Å². The van der Waals surface area contributed by atoms with Gasteiger partial charge < -0.3 is 14.2 Å². The summed E-state index contributed by atoms with van der Waals surface area (Å²) in [6.07, 6.45) is 1.57. The van der Waals surface area contributed by atoms with Crippen molar-refractivity contribution in [3.8, 4) is 0 Å². The third-order valence-electron chi connectivity index (χ3n) is 5.27. The van der Waals surface area contributed by atoms with E-state index >= 15 is 0 Å². The Morgan fingerprint density at radius 3 is 2.53 bits per heavy atom. The van der Waals surface area contributed by atoms with Crippen LogP contribution in [-0.4, -0.2) is 54.4 Å². The zero-order valence-electron chi connectivity index (χ0n) is 18.5. The molecule has 3 rings (SSSR count). The number of sulfonamides is 1. The predicted molar refractivity (Wildman–Crippen MR) is 115 cm³/mol. The molecule has 1 unspecified atom stereocenters. The molecule has 174 valence electrons. The van der Waals surface area contributed by atoms with Crippen LogP contribution in [0.2, 0.25) is 0 Å². The van der Waals surface area contributed by atoms with Gasteiger partial charge in [0.05, 0.1) is 10.8 Å². The number of nitrogens with zero attached hydrogens (tertiary/aromatic N) is 4. The highest BCUT2D eigenvalue weighted by atomic mass is 32.2. The Labute approximate surface area is 187 Å². The lowest BCUT2D eigenvalue weighted by Crippen LogP contribution is -2.30. The molecule has 0 aliphatic carbocycles. The molecule has 1 saturated heterocycles. The number of benzene rings is 1. The normalized spacial score (nSPS) is 16.7. The highest BCUT2D eigenvalue weighted by Crippen LogP contribution is 2.28. The predicted octanol–water partition coefficient (Wildman–Crippen LogP) is 2.15. The Morgan fingerprint density at radius 2 is 1.91 bits per heavy atom. The van der Waals surface area contributed by atoms with E-state index in [4.69, 9.17) is 9.26 Å². The standard InChI is InChI=1S/C21H28N4O6S/c1-4-7-18-22-19(31-23-18)14-30-21(27)15-12-20(26)25(13-15)16-8-10-17(11-9-16)32(28,29)24(5-2)6-3/h8-11,15H,4-7,12-14H2,1-3H3. The van der Waals surface area contributed by atoms with Crippen molar-refractivity contribution in [3.63, 3.8) is 0 Å². The van der Waals surface area contributed by atoms with Gasteiger partial charge in [0.1, 0.15) is 0 Å². The summed E-state index contributed by atoms with van der Waals surface area (Å²) in [5, 5.41) is 3.81. The minimum atomic E-state index is -3.58. The monoisotopic (exact) mass is 464 g/mol. The Bertz CT molecular complexity index is 1050. The smallest absolute Gasteiger partial charge is 0.311 e. The molecule has 1 aromatic heterocycles. The third-order valence-corrected chi connectivity index (χ3v) is 7.34. The van der Waals surface area contributed by atoms with Gasteiger partial charge in [0.2, 0.25) is 15.9 Å². The molecule has 11 heteroatoms. The minimum Gasteiger partial charge on any atom is -0.455 e. The van der Waals surface area contributed by atoms with Crippen LogP contribution in [0.5, 0.6) is 0 Å². The van der Waals surface area contributed by atoms with E-state index in [1.807, 2.05) is 6.92 Å². The van der Waals surface area contributed by atoms with E-state index in [1.165, 1.54) is 21.3 Å². The van der Waals surface area contributed by atoms with E-state index in [1.54, 1.807) is 26.0 Å². The summed E-state index contributed by atoms with van der Waals surface area (Å²) in [5.41, 5.74) is 0.532. The van der Waals surface area contributed by atoms with Gasteiger partial charge in [-0.25, -0.2) is 8.42 Å². The molecule has 1 atom stereocenters. The number of anilines is 1. The van der Waals surface area contributed by atoms with Crippen LogP contribution in [0.25, 0.3) is 0 Å². The van der Waals surface area contributed by atoms with E-state index in [0.29, 0.717) is 31.0 Å². The molecular formula is C21H28N4O6S. The average molecular weight is 465 g/mol. The fraction of sp³-hybridized carbons (Fsp3) is 0.524. The summed E-state index contributed by atoms with van der Waals surface area (Å²) < 4.78 is 36.9. The Hall–Kier alpha value is -2.79. The zero-order valence-corrected chi connectivity index (χ0v) is 19.3. The molecule has 0 spiro atoms. The van der Waals surface area contributed by atoms with E-state index in [-0.39, 0.29) is 36.3 Å². The lowest BCUT2D eigenvalue weighted by Gasteiger charge is -2.20. The molecule has 10 nitrogen and oxygen atoms in total. The molecule has 32 heavy (non-hydrogen) atoms. The Morgan fingerprint density at radius 1 is 1.22 bits per heavy atom. The average Bonchev–Trinajstić information content (AvgIpc) is 3.39. The van der Waals surface area contributed by atoms with Gasteiger partial charge in [-0.2, -0.15) is 9.29 Å². The second-order valence-electron chi connectivity index (χ2n) is 7.45. The second kappa shape index (κ2) is 10.2. The molecule has 1 aliphatic rings. The van der Waals surface area contributed by atoms with Crippen LogP contribution in [-0.2, 0) is 37.4 Å². The lowest BCUT2D eigenvalue weighted by molar-refractivity contribution is -0.150. The van der Waals surface area contributed by atoms with Crippen molar-refractivity contribution >= 4 is 27.6 Å². The number of ether oxygens (including phenoxy) is 1. The summed E-state index contributed by atoms with van der Waals surface area (Å²) in [4.78, 5) is 30.7. The van der Waals surface area contributed by atoms with Gasteiger partial charge in [0.25, 0.3) is 5.89 Å². The van der Waals surface area contributed by atoms with Crippen LogP contribution in [0.15, 0.2) is 33.7 Å². The van der Waals surface area contributed by atoms with E-state index in [0.717, 1.165) is 6.42 Å². The number of aromatic nitrogens is 2. The number of carbonyl (C=O) groups excluding carboxylic acids is 2. The van der Waals surface area contributed by atoms with Crippen LogP contribution in [0, 0.1) is 5.92 Å². The van der Waals surface area contributed by atoms with Gasteiger partial charge >= 0.3 is 5.97 Å². The van der Waals surface area contributed by atoms with Crippen molar-refractivity contribution in [1.29, 1.82) is 0 Å². The molecule has 1 fully saturated rings. The summed E-state index contributed by atoms with van der Waals surface area (Å²) in [7, 11) is -3.58. The first kappa shape index (κ1) is 23.9. The van der Waals surface area contributed by atoms with Gasteiger partial charge in [-0.3, -0.25) is 9.59 Å². The molecular weight excluding hydrogens is 436 g/mol. The lowest BCUT2D eigenvalue weighted by atomic mass is 10.1. The second-order valence-corrected chi connectivity index (χ2v) is 9.39. The molecule has 2 aromatic rings. The molecule has 1 aromatic carbocycles. The quantitative estimate of drug-likeness (QED) is 0.490. The largest absolute Gasteiger partial charge is 0.455 e. The van der Waals surface area contributed by atoms with E-state index in [9.17, 15) is 18.0 Å². The van der Waals surface area contributed by atoms with E-state index in [2.05, 4.69) is 10.1 Å². The Balaban J connectivity index is 1.61. The van der Waals surface area contributed by atoms with Crippen LogP contribution in [0.1, 0.15) is 45.3 Å². The van der Waals surface area contributed by atoms with Crippen molar-refractivity contribution in [2.45, 2.75) is 51.5 Å². The van der Waals surface area contributed by atoms with E-state index < -0.39 is 21.9 Å². The van der Waals surface area contributed by atoms with Gasteiger partial charge in [-0.05, 0) is 30.7 Å². The van der Waals surface area contributed by atoms with Crippen LogP contribution < -0.4 is 4.90 Å². The number of hydrogen-bond acceptors (Lipinski definition) is 8. The fourth-order valence-corrected chi connectivity index (χ4v) is 5.01. The van der Waals surface area contributed by atoms with Crippen LogP contribution >= 0.6 is 0 Å². The SMILES string of the molecule is CCCc1noc(COC(=O)C2CC(=O)N(c3ccc(S(=O)(=O)N(CC)CC)cc3)C2)n1. The van der Waals surface area contributed by atoms with Gasteiger partial charge in [0, 0.05) is 38.2 Å². The Kier molecular flexibility index (Phi) is 7.62. The minimum absolute atomic E-state index is 0.0171.